The van der Waals surface area contributed by atoms with E-state index in [1.807, 2.05) is 26.0 Å². The zero-order valence-electron chi connectivity index (χ0n) is 19.6. The van der Waals surface area contributed by atoms with Gasteiger partial charge in [-0.2, -0.15) is 5.10 Å². The molecule has 0 unspecified atom stereocenters. The number of amides is 2. The zero-order valence-corrected chi connectivity index (χ0v) is 19.6. The van der Waals surface area contributed by atoms with Gasteiger partial charge in [-0.3, -0.25) is 24.7 Å². The maximum absolute atomic E-state index is 12.6. The standard InChI is InChI=1S/C24H23N9O2/c1-12(2)23(34)28-15-5-13(7-25-9-15)14-6-16-20(31-32-21(16)27-8-14)22-29-18-11-26-10-17(19(18)30-22)24(35)33(3)4/h5-12H,1-4H3,(H,28,34)(H,29,30)(H,27,31,32). The minimum atomic E-state index is -0.186. The summed E-state index contributed by atoms with van der Waals surface area (Å²) in [5.41, 5.74) is 4.90. The van der Waals surface area contributed by atoms with Crippen LogP contribution in [0.25, 0.3) is 44.7 Å². The van der Waals surface area contributed by atoms with E-state index in [2.05, 4.69) is 40.4 Å². The number of H-pyrrole nitrogens is 2. The first kappa shape index (κ1) is 22.1. The average Bonchev–Trinajstić information content (AvgIpc) is 3.47. The van der Waals surface area contributed by atoms with Crippen molar-refractivity contribution in [2.45, 2.75) is 13.8 Å². The lowest BCUT2D eigenvalue weighted by molar-refractivity contribution is -0.118. The van der Waals surface area contributed by atoms with Crippen molar-refractivity contribution < 1.29 is 9.59 Å². The molecule has 11 nitrogen and oxygen atoms in total. The molecular formula is C24H23N9O2. The second kappa shape index (κ2) is 8.60. The van der Waals surface area contributed by atoms with E-state index < -0.39 is 0 Å². The number of rotatable bonds is 5. The number of imidazole rings is 1. The zero-order chi connectivity index (χ0) is 24.7. The summed E-state index contributed by atoms with van der Waals surface area (Å²) in [5, 5.41) is 11.0. The first-order chi connectivity index (χ1) is 16.8. The normalized spacial score (nSPS) is 11.3. The number of aromatic amines is 2. The molecule has 5 rings (SSSR count). The molecule has 0 saturated carbocycles. The third-order valence-electron chi connectivity index (χ3n) is 5.53. The van der Waals surface area contributed by atoms with E-state index >= 15 is 0 Å². The molecule has 0 atom stereocenters. The Bertz CT molecular complexity index is 1580. The fraction of sp³-hybridized carbons (Fsp3) is 0.208. The Morgan fingerprint density at radius 3 is 2.54 bits per heavy atom. The second-order valence-corrected chi connectivity index (χ2v) is 8.67. The topological polar surface area (TPSA) is 145 Å². The van der Waals surface area contributed by atoms with Crippen molar-refractivity contribution in [2.75, 3.05) is 19.4 Å². The number of fused-ring (bicyclic) bond motifs is 2. The maximum atomic E-state index is 12.6. The molecule has 5 aromatic heterocycles. The van der Waals surface area contributed by atoms with E-state index in [-0.39, 0.29) is 17.7 Å². The van der Waals surface area contributed by atoms with Gasteiger partial charge in [-0.1, -0.05) is 13.8 Å². The Kier molecular flexibility index (Phi) is 5.44. The Labute approximate surface area is 200 Å². The van der Waals surface area contributed by atoms with Gasteiger partial charge in [0.1, 0.15) is 11.2 Å². The fourth-order valence-electron chi connectivity index (χ4n) is 3.64. The number of carbonyl (C=O) groups excluding carboxylic acids is 2. The van der Waals surface area contributed by atoms with Crippen molar-refractivity contribution in [3.63, 3.8) is 0 Å². The summed E-state index contributed by atoms with van der Waals surface area (Å²) < 4.78 is 0. The van der Waals surface area contributed by atoms with Crippen LogP contribution >= 0.6 is 0 Å². The van der Waals surface area contributed by atoms with Crippen LogP contribution in [0.5, 0.6) is 0 Å². The van der Waals surface area contributed by atoms with Crippen LogP contribution in [0.15, 0.2) is 43.1 Å². The van der Waals surface area contributed by atoms with Crippen molar-refractivity contribution in [3.05, 3.63) is 48.7 Å². The molecule has 0 spiro atoms. The average molecular weight is 470 g/mol. The van der Waals surface area contributed by atoms with Crippen LogP contribution in [0.3, 0.4) is 0 Å². The third kappa shape index (κ3) is 4.07. The first-order valence-electron chi connectivity index (χ1n) is 11.0. The molecule has 5 aromatic rings. The number of hydrogen-bond donors (Lipinski definition) is 3. The van der Waals surface area contributed by atoms with Gasteiger partial charge in [0.25, 0.3) is 5.91 Å². The highest BCUT2D eigenvalue weighted by atomic mass is 16.2. The van der Waals surface area contributed by atoms with E-state index in [1.54, 1.807) is 38.9 Å². The van der Waals surface area contributed by atoms with Crippen molar-refractivity contribution in [2.24, 2.45) is 5.92 Å². The van der Waals surface area contributed by atoms with E-state index in [0.29, 0.717) is 39.4 Å². The minimum Gasteiger partial charge on any atom is -0.345 e. The Hall–Kier alpha value is -4.67. The Morgan fingerprint density at radius 1 is 1.00 bits per heavy atom. The van der Waals surface area contributed by atoms with Gasteiger partial charge < -0.3 is 15.2 Å². The van der Waals surface area contributed by atoms with Crippen molar-refractivity contribution in [1.82, 2.24) is 40.0 Å². The van der Waals surface area contributed by atoms with E-state index in [9.17, 15) is 9.59 Å². The summed E-state index contributed by atoms with van der Waals surface area (Å²) in [5.74, 6) is 0.0786. The lowest BCUT2D eigenvalue weighted by Crippen LogP contribution is -2.22. The third-order valence-corrected chi connectivity index (χ3v) is 5.53. The molecule has 176 valence electrons. The lowest BCUT2D eigenvalue weighted by atomic mass is 10.1. The van der Waals surface area contributed by atoms with Crippen LogP contribution in [-0.2, 0) is 4.79 Å². The molecule has 0 aliphatic carbocycles. The largest absolute Gasteiger partial charge is 0.345 e. The van der Waals surface area contributed by atoms with Crippen LogP contribution in [-0.4, -0.2) is 65.9 Å². The SMILES string of the molecule is CC(C)C(=O)Nc1cncc(-c2cnc3[nH]nc(-c4nc5c(C(=O)N(C)C)cncc5[nH]4)c3c2)c1. The molecule has 5 heterocycles. The quantitative estimate of drug-likeness (QED) is 0.358. The van der Waals surface area contributed by atoms with Crippen molar-refractivity contribution in [1.29, 1.82) is 0 Å². The summed E-state index contributed by atoms with van der Waals surface area (Å²) >= 11 is 0. The summed E-state index contributed by atoms with van der Waals surface area (Å²) in [6, 6.07) is 3.78. The number of nitrogens with one attached hydrogen (secondary N) is 3. The lowest BCUT2D eigenvalue weighted by Gasteiger charge is -2.09. The second-order valence-electron chi connectivity index (χ2n) is 8.67. The van der Waals surface area contributed by atoms with Gasteiger partial charge in [0.05, 0.1) is 34.5 Å². The van der Waals surface area contributed by atoms with Crippen LogP contribution in [0, 0.1) is 5.92 Å². The molecule has 0 radical (unpaired) electrons. The molecule has 0 aliphatic rings. The van der Waals surface area contributed by atoms with E-state index in [1.165, 1.54) is 11.1 Å². The van der Waals surface area contributed by atoms with Gasteiger partial charge in [0.15, 0.2) is 11.5 Å². The first-order valence-corrected chi connectivity index (χ1v) is 11.0. The van der Waals surface area contributed by atoms with Gasteiger partial charge >= 0.3 is 0 Å². The molecule has 0 aliphatic heterocycles. The van der Waals surface area contributed by atoms with Crippen LogP contribution < -0.4 is 5.32 Å². The van der Waals surface area contributed by atoms with Crippen LogP contribution in [0.2, 0.25) is 0 Å². The number of aromatic nitrogens is 7. The van der Waals surface area contributed by atoms with Gasteiger partial charge in [-0.05, 0) is 12.1 Å². The molecular weight excluding hydrogens is 446 g/mol. The molecule has 11 heteroatoms. The number of hydrogen-bond acceptors (Lipinski definition) is 7. The van der Waals surface area contributed by atoms with Gasteiger partial charge in [-0.15, -0.1) is 0 Å². The monoisotopic (exact) mass is 469 g/mol. The minimum absolute atomic E-state index is 0.0823. The molecule has 0 fully saturated rings. The summed E-state index contributed by atoms with van der Waals surface area (Å²) in [6.45, 7) is 3.66. The molecule has 35 heavy (non-hydrogen) atoms. The molecule has 3 N–H and O–H groups in total. The summed E-state index contributed by atoms with van der Waals surface area (Å²) in [6.07, 6.45) is 8.16. The van der Waals surface area contributed by atoms with E-state index in [0.717, 1.165) is 16.5 Å². The highest BCUT2D eigenvalue weighted by molar-refractivity contribution is 6.05. The predicted octanol–water partition coefficient (Wildman–Crippen LogP) is 3.25. The molecule has 0 bridgehead atoms. The number of pyridine rings is 3. The number of carbonyl (C=O) groups is 2. The fourth-order valence-corrected chi connectivity index (χ4v) is 3.64. The van der Waals surface area contributed by atoms with Crippen molar-refractivity contribution >= 4 is 39.6 Å². The summed E-state index contributed by atoms with van der Waals surface area (Å²) in [4.78, 5) is 46.9. The van der Waals surface area contributed by atoms with Gasteiger partial charge in [0, 0.05) is 49.7 Å². The Morgan fingerprint density at radius 2 is 1.77 bits per heavy atom. The van der Waals surface area contributed by atoms with Crippen LogP contribution in [0.1, 0.15) is 24.2 Å². The number of nitrogens with zero attached hydrogens (tertiary/aromatic N) is 6. The maximum Gasteiger partial charge on any atom is 0.257 e. The molecule has 0 saturated heterocycles. The van der Waals surface area contributed by atoms with Gasteiger partial charge in [-0.25, -0.2) is 9.97 Å². The predicted molar refractivity (Wildman–Crippen MR) is 131 cm³/mol. The smallest absolute Gasteiger partial charge is 0.257 e. The highest BCUT2D eigenvalue weighted by Gasteiger charge is 2.19. The van der Waals surface area contributed by atoms with Crippen LogP contribution in [0.4, 0.5) is 5.69 Å². The molecule has 2 amide bonds. The van der Waals surface area contributed by atoms with Crippen molar-refractivity contribution in [3.8, 4) is 22.6 Å². The summed E-state index contributed by atoms with van der Waals surface area (Å²) in [7, 11) is 3.36. The van der Waals surface area contributed by atoms with E-state index in [4.69, 9.17) is 0 Å². The Balaban J connectivity index is 1.56. The van der Waals surface area contributed by atoms with Gasteiger partial charge in [0.2, 0.25) is 5.91 Å². The highest BCUT2D eigenvalue weighted by Crippen LogP contribution is 2.30. The molecule has 0 aromatic carbocycles. The number of anilines is 1.